The summed E-state index contributed by atoms with van der Waals surface area (Å²) in [6, 6.07) is 13.9. The summed E-state index contributed by atoms with van der Waals surface area (Å²) in [6.07, 6.45) is 5.50. The molecule has 4 aromatic rings. The van der Waals surface area contributed by atoms with Crippen molar-refractivity contribution in [2.75, 3.05) is 0 Å². The van der Waals surface area contributed by atoms with E-state index in [-0.39, 0.29) is 0 Å². The van der Waals surface area contributed by atoms with E-state index in [1.165, 1.54) is 0 Å². The van der Waals surface area contributed by atoms with Gasteiger partial charge in [-0.15, -0.1) is 0 Å². The molecular weight excluding hydrogens is 334 g/mol. The highest BCUT2D eigenvalue weighted by molar-refractivity contribution is 5.67. The van der Waals surface area contributed by atoms with Gasteiger partial charge in [0.15, 0.2) is 5.82 Å². The van der Waals surface area contributed by atoms with Crippen LogP contribution in [0, 0.1) is 20.8 Å². The molecular formula is C22H19N5. The van der Waals surface area contributed by atoms with Gasteiger partial charge in [0, 0.05) is 18.6 Å². The fourth-order valence-corrected chi connectivity index (χ4v) is 2.66. The molecule has 0 fully saturated rings. The number of aromatic nitrogens is 5. The van der Waals surface area contributed by atoms with E-state index in [0.29, 0.717) is 5.82 Å². The Balaban J connectivity index is 1.89. The Bertz CT molecular complexity index is 915. The van der Waals surface area contributed by atoms with Crippen molar-refractivity contribution < 1.29 is 0 Å². The van der Waals surface area contributed by atoms with E-state index in [0.717, 1.165) is 45.2 Å². The quantitative estimate of drug-likeness (QED) is 0.539. The van der Waals surface area contributed by atoms with Gasteiger partial charge in [-0.05, 0) is 61.7 Å². The first-order valence-electron chi connectivity index (χ1n) is 8.77. The number of rotatable bonds is 3. The molecule has 5 nitrogen and oxygen atoms in total. The lowest BCUT2D eigenvalue weighted by Crippen LogP contribution is -1.99. The largest absolute Gasteiger partial charge is 0.254 e. The van der Waals surface area contributed by atoms with Gasteiger partial charge in [-0.25, -0.2) is 9.97 Å². The summed E-state index contributed by atoms with van der Waals surface area (Å²) < 4.78 is 0. The maximum atomic E-state index is 4.71. The summed E-state index contributed by atoms with van der Waals surface area (Å²) in [5.41, 5.74) is 7.12. The van der Waals surface area contributed by atoms with Crippen LogP contribution < -0.4 is 0 Å². The fourth-order valence-electron chi connectivity index (χ4n) is 2.66. The third-order valence-electron chi connectivity index (χ3n) is 4.21. The van der Waals surface area contributed by atoms with Gasteiger partial charge < -0.3 is 0 Å². The molecule has 0 saturated carbocycles. The van der Waals surface area contributed by atoms with E-state index in [1.54, 1.807) is 0 Å². The summed E-state index contributed by atoms with van der Waals surface area (Å²) in [7, 11) is 0. The van der Waals surface area contributed by atoms with Crippen LogP contribution in [-0.4, -0.2) is 24.9 Å². The molecule has 0 unspecified atom stereocenters. The molecule has 0 saturated heterocycles. The van der Waals surface area contributed by atoms with Gasteiger partial charge in [0.1, 0.15) is 5.69 Å². The number of hydrogen-bond donors (Lipinski definition) is 0. The van der Waals surface area contributed by atoms with Gasteiger partial charge >= 0.3 is 0 Å². The van der Waals surface area contributed by atoms with Crippen LogP contribution in [0.3, 0.4) is 0 Å². The minimum Gasteiger partial charge on any atom is -0.254 e. The van der Waals surface area contributed by atoms with E-state index < -0.39 is 0 Å². The minimum atomic E-state index is 0.562. The molecule has 0 spiro atoms. The van der Waals surface area contributed by atoms with E-state index in [1.807, 2.05) is 81.8 Å². The third kappa shape index (κ3) is 3.72. The molecule has 0 amide bonds. The first-order valence-corrected chi connectivity index (χ1v) is 8.77. The zero-order valence-electron chi connectivity index (χ0n) is 15.5. The monoisotopic (exact) mass is 353 g/mol. The van der Waals surface area contributed by atoms with Crippen molar-refractivity contribution in [2.45, 2.75) is 20.8 Å². The van der Waals surface area contributed by atoms with E-state index in [9.17, 15) is 0 Å². The summed E-state index contributed by atoms with van der Waals surface area (Å²) in [5.74, 6) is 0.562. The SMILES string of the molecule is Cc1ccc(-c2cc(-c3ccc(C)cn3)nc(-c3ccc(C)cn3)n2)nc1. The Kier molecular flexibility index (Phi) is 4.42. The number of aryl methyl sites for hydroxylation is 3. The molecule has 0 atom stereocenters. The highest BCUT2D eigenvalue weighted by Crippen LogP contribution is 2.25. The molecule has 0 aliphatic heterocycles. The van der Waals surface area contributed by atoms with Crippen LogP contribution >= 0.6 is 0 Å². The lowest BCUT2D eigenvalue weighted by molar-refractivity contribution is 1.11. The van der Waals surface area contributed by atoms with Crippen LogP contribution in [0.2, 0.25) is 0 Å². The molecule has 4 rings (SSSR count). The van der Waals surface area contributed by atoms with Crippen LogP contribution in [-0.2, 0) is 0 Å². The lowest BCUT2D eigenvalue weighted by Gasteiger charge is -2.08. The van der Waals surface area contributed by atoms with Gasteiger partial charge in [-0.2, -0.15) is 0 Å². The molecule has 27 heavy (non-hydrogen) atoms. The zero-order chi connectivity index (χ0) is 18.8. The van der Waals surface area contributed by atoms with Gasteiger partial charge in [0.2, 0.25) is 0 Å². The molecule has 0 radical (unpaired) electrons. The second-order valence-electron chi connectivity index (χ2n) is 6.62. The summed E-state index contributed by atoms with van der Waals surface area (Å²) in [6.45, 7) is 6.03. The predicted molar refractivity (Wildman–Crippen MR) is 106 cm³/mol. The van der Waals surface area contributed by atoms with Gasteiger partial charge in [-0.1, -0.05) is 18.2 Å². The normalized spacial score (nSPS) is 10.8. The first kappa shape index (κ1) is 17.0. The predicted octanol–water partition coefficient (Wildman–Crippen LogP) is 4.59. The Morgan fingerprint density at radius 3 is 1.26 bits per heavy atom. The maximum absolute atomic E-state index is 4.71. The third-order valence-corrected chi connectivity index (χ3v) is 4.21. The van der Waals surface area contributed by atoms with Crippen LogP contribution in [0.5, 0.6) is 0 Å². The number of pyridine rings is 3. The van der Waals surface area contributed by atoms with Gasteiger partial charge in [-0.3, -0.25) is 15.0 Å². The molecule has 0 bridgehead atoms. The minimum absolute atomic E-state index is 0.562. The topological polar surface area (TPSA) is 64.5 Å². The standard InChI is InChI=1S/C22H19N5/c1-14-4-7-17(23-11-14)20-10-21(18-8-5-15(2)12-24-18)27-22(26-20)19-9-6-16(3)13-25-19/h4-13H,1-3H3. The molecule has 0 aliphatic rings. The van der Waals surface area contributed by atoms with Crippen molar-refractivity contribution in [1.29, 1.82) is 0 Å². The smallest absolute Gasteiger partial charge is 0.179 e. The van der Waals surface area contributed by atoms with Crippen molar-refractivity contribution >= 4 is 0 Å². The Morgan fingerprint density at radius 1 is 0.481 bits per heavy atom. The average molecular weight is 353 g/mol. The van der Waals surface area contributed by atoms with Crippen molar-refractivity contribution in [3.63, 3.8) is 0 Å². The first-order chi connectivity index (χ1) is 13.1. The molecule has 4 aromatic heterocycles. The van der Waals surface area contributed by atoms with Gasteiger partial charge in [0.05, 0.1) is 22.8 Å². The number of hydrogen-bond acceptors (Lipinski definition) is 5. The molecule has 0 N–H and O–H groups in total. The van der Waals surface area contributed by atoms with Crippen LogP contribution in [0.4, 0.5) is 0 Å². The number of nitrogens with zero attached hydrogens (tertiary/aromatic N) is 5. The molecule has 132 valence electrons. The molecule has 4 heterocycles. The second kappa shape index (κ2) is 7.03. The van der Waals surface area contributed by atoms with Crippen molar-refractivity contribution in [3.8, 4) is 34.3 Å². The fraction of sp³-hybridized carbons (Fsp3) is 0.136. The molecule has 0 aliphatic carbocycles. The zero-order valence-corrected chi connectivity index (χ0v) is 15.5. The Morgan fingerprint density at radius 2 is 0.889 bits per heavy atom. The lowest BCUT2D eigenvalue weighted by atomic mass is 10.1. The van der Waals surface area contributed by atoms with E-state index in [4.69, 9.17) is 9.97 Å². The van der Waals surface area contributed by atoms with E-state index in [2.05, 4.69) is 15.0 Å². The molecule has 5 heteroatoms. The van der Waals surface area contributed by atoms with E-state index >= 15 is 0 Å². The van der Waals surface area contributed by atoms with Crippen molar-refractivity contribution in [1.82, 2.24) is 24.9 Å². The Hall–Kier alpha value is -3.47. The summed E-state index contributed by atoms with van der Waals surface area (Å²) in [4.78, 5) is 22.9. The van der Waals surface area contributed by atoms with Crippen LogP contribution in [0.25, 0.3) is 34.3 Å². The van der Waals surface area contributed by atoms with Gasteiger partial charge in [0.25, 0.3) is 0 Å². The highest BCUT2D eigenvalue weighted by atomic mass is 14.9. The van der Waals surface area contributed by atoms with Crippen LogP contribution in [0.15, 0.2) is 61.1 Å². The van der Waals surface area contributed by atoms with Crippen molar-refractivity contribution in [2.24, 2.45) is 0 Å². The summed E-state index contributed by atoms with van der Waals surface area (Å²) in [5, 5.41) is 0. The van der Waals surface area contributed by atoms with Crippen molar-refractivity contribution in [3.05, 3.63) is 77.7 Å². The van der Waals surface area contributed by atoms with Crippen LogP contribution in [0.1, 0.15) is 16.7 Å². The Labute approximate surface area is 158 Å². The second-order valence-corrected chi connectivity index (χ2v) is 6.62. The maximum Gasteiger partial charge on any atom is 0.179 e. The molecule has 0 aromatic carbocycles. The highest BCUT2D eigenvalue weighted by Gasteiger charge is 2.12. The average Bonchev–Trinajstić information content (AvgIpc) is 2.69. The summed E-state index contributed by atoms with van der Waals surface area (Å²) >= 11 is 0.